The first-order chi connectivity index (χ1) is 7.58. The summed E-state index contributed by atoms with van der Waals surface area (Å²) >= 11 is 0. The quantitative estimate of drug-likeness (QED) is 0.698. The van der Waals surface area contributed by atoms with Gasteiger partial charge in [-0.3, -0.25) is 4.79 Å². The number of hydrogen-bond donors (Lipinski definition) is 0. The van der Waals surface area contributed by atoms with Gasteiger partial charge in [-0.1, -0.05) is 18.7 Å². The van der Waals surface area contributed by atoms with E-state index < -0.39 is 11.6 Å². The van der Waals surface area contributed by atoms with Crippen molar-refractivity contribution in [1.82, 2.24) is 0 Å². The third-order valence-corrected chi connectivity index (χ3v) is 2.16. The van der Waals surface area contributed by atoms with Gasteiger partial charge in [0, 0.05) is 24.5 Å². The fourth-order valence-corrected chi connectivity index (χ4v) is 1.42. The molecular weight excluding hydrogens is 210 g/mol. The highest BCUT2D eigenvalue weighted by atomic mass is 19.1. The van der Waals surface area contributed by atoms with Gasteiger partial charge in [-0.25, -0.2) is 8.78 Å². The minimum Gasteiger partial charge on any atom is -0.299 e. The van der Waals surface area contributed by atoms with Gasteiger partial charge in [0.25, 0.3) is 0 Å². The van der Waals surface area contributed by atoms with Gasteiger partial charge in [-0.15, -0.1) is 6.58 Å². The minimum atomic E-state index is -0.715. The molecule has 1 aromatic rings. The zero-order valence-electron chi connectivity index (χ0n) is 8.80. The Morgan fingerprint density at radius 3 is 2.56 bits per heavy atom. The van der Waals surface area contributed by atoms with Crippen molar-refractivity contribution < 1.29 is 13.6 Å². The van der Waals surface area contributed by atoms with E-state index >= 15 is 0 Å². The highest BCUT2D eigenvalue weighted by molar-refractivity contribution is 5.83. The molecule has 0 N–H and O–H groups in total. The Morgan fingerprint density at radius 1 is 1.31 bits per heavy atom. The number of Topliss-reactive ketones (excluding diaryl/α,β-unsaturated/α-hetero) is 1. The molecule has 84 valence electrons. The lowest BCUT2D eigenvalue weighted by atomic mass is 10.00. The van der Waals surface area contributed by atoms with Crippen molar-refractivity contribution >= 4 is 11.9 Å². The molecule has 0 spiro atoms. The molecule has 0 amide bonds. The van der Waals surface area contributed by atoms with Crippen molar-refractivity contribution in [1.29, 1.82) is 0 Å². The summed E-state index contributed by atoms with van der Waals surface area (Å²) in [6, 6.07) is 1.93. The first-order valence-electron chi connectivity index (χ1n) is 4.81. The summed E-state index contributed by atoms with van der Waals surface area (Å²) in [7, 11) is 0. The summed E-state index contributed by atoms with van der Waals surface area (Å²) in [5, 5.41) is 0. The molecule has 0 atom stereocenters. The lowest BCUT2D eigenvalue weighted by Gasteiger charge is -2.06. The SMILES string of the molecule is C=CCC(=O)Cc1c(F)cc(F)cc1C=C. The van der Waals surface area contributed by atoms with Gasteiger partial charge in [-0.05, 0) is 11.6 Å². The molecule has 1 rings (SSSR count). The fraction of sp³-hybridized carbons (Fsp3) is 0.154. The number of halogens is 2. The number of ketones is 1. The van der Waals surface area contributed by atoms with E-state index in [1.165, 1.54) is 12.2 Å². The zero-order valence-corrected chi connectivity index (χ0v) is 8.80. The molecule has 1 aromatic carbocycles. The molecule has 0 bridgehead atoms. The summed E-state index contributed by atoms with van der Waals surface area (Å²) < 4.78 is 26.3. The molecular formula is C13H12F2O. The number of rotatable bonds is 5. The predicted octanol–water partition coefficient (Wildman–Crippen LogP) is 3.30. The Bertz CT molecular complexity index is 436. The van der Waals surface area contributed by atoms with Crippen molar-refractivity contribution in [2.24, 2.45) is 0 Å². The van der Waals surface area contributed by atoms with Crippen molar-refractivity contribution in [3.8, 4) is 0 Å². The van der Waals surface area contributed by atoms with Crippen LogP contribution in [0.25, 0.3) is 6.08 Å². The van der Waals surface area contributed by atoms with Crippen LogP contribution in [-0.4, -0.2) is 5.78 Å². The summed E-state index contributed by atoms with van der Waals surface area (Å²) in [4.78, 5) is 11.4. The second-order valence-corrected chi connectivity index (χ2v) is 3.37. The molecule has 0 fully saturated rings. The van der Waals surface area contributed by atoms with Crippen LogP contribution < -0.4 is 0 Å². The highest BCUT2D eigenvalue weighted by Gasteiger charge is 2.12. The van der Waals surface area contributed by atoms with E-state index in [0.717, 1.165) is 12.1 Å². The van der Waals surface area contributed by atoms with E-state index in [-0.39, 0.29) is 24.2 Å². The molecule has 0 heterocycles. The number of carbonyl (C=O) groups is 1. The third-order valence-electron chi connectivity index (χ3n) is 2.16. The lowest BCUT2D eigenvalue weighted by molar-refractivity contribution is -0.117. The van der Waals surface area contributed by atoms with Gasteiger partial charge in [-0.2, -0.15) is 0 Å². The molecule has 0 aromatic heterocycles. The number of hydrogen-bond acceptors (Lipinski definition) is 1. The average molecular weight is 222 g/mol. The van der Waals surface area contributed by atoms with E-state index in [2.05, 4.69) is 13.2 Å². The maximum atomic E-state index is 13.4. The molecule has 0 radical (unpaired) electrons. The van der Waals surface area contributed by atoms with Crippen molar-refractivity contribution in [3.05, 3.63) is 54.1 Å². The zero-order chi connectivity index (χ0) is 12.1. The number of allylic oxidation sites excluding steroid dienone is 1. The lowest BCUT2D eigenvalue weighted by Crippen LogP contribution is -2.05. The Balaban J connectivity index is 3.07. The second kappa shape index (κ2) is 5.35. The van der Waals surface area contributed by atoms with Crippen LogP contribution in [0.4, 0.5) is 8.78 Å². The normalized spacial score (nSPS) is 9.88. The predicted molar refractivity (Wildman–Crippen MR) is 60.0 cm³/mol. The monoisotopic (exact) mass is 222 g/mol. The number of benzene rings is 1. The van der Waals surface area contributed by atoms with Crippen LogP contribution in [0.1, 0.15) is 17.5 Å². The van der Waals surface area contributed by atoms with Crippen LogP contribution in [0.15, 0.2) is 31.4 Å². The molecule has 0 aliphatic heterocycles. The first-order valence-corrected chi connectivity index (χ1v) is 4.81. The standard InChI is InChI=1S/C13H12F2O/c1-3-5-11(16)8-12-9(4-2)6-10(14)7-13(12)15/h3-4,6-7H,1-2,5,8H2. The fourth-order valence-electron chi connectivity index (χ4n) is 1.42. The van der Waals surface area contributed by atoms with Crippen LogP contribution in [-0.2, 0) is 11.2 Å². The van der Waals surface area contributed by atoms with E-state index in [0.29, 0.717) is 5.56 Å². The van der Waals surface area contributed by atoms with Gasteiger partial charge < -0.3 is 0 Å². The maximum absolute atomic E-state index is 13.4. The van der Waals surface area contributed by atoms with Gasteiger partial charge in [0.2, 0.25) is 0 Å². The Labute approximate surface area is 93.1 Å². The molecule has 0 aliphatic carbocycles. The Hall–Kier alpha value is -1.77. The minimum absolute atomic E-state index is 0.0700. The smallest absolute Gasteiger partial charge is 0.141 e. The van der Waals surface area contributed by atoms with Crippen LogP contribution in [0.3, 0.4) is 0 Å². The molecule has 1 nitrogen and oxygen atoms in total. The summed E-state index contributed by atoms with van der Waals surface area (Å²) in [5.41, 5.74) is 0.498. The van der Waals surface area contributed by atoms with Gasteiger partial charge in [0.05, 0.1) is 0 Å². The largest absolute Gasteiger partial charge is 0.299 e. The average Bonchev–Trinajstić information content (AvgIpc) is 2.22. The summed E-state index contributed by atoms with van der Waals surface area (Å²) in [6.07, 6.45) is 2.90. The summed E-state index contributed by atoms with van der Waals surface area (Å²) in [5.74, 6) is -1.55. The van der Waals surface area contributed by atoms with E-state index in [9.17, 15) is 13.6 Å². The molecule has 3 heteroatoms. The van der Waals surface area contributed by atoms with Crippen molar-refractivity contribution in [2.75, 3.05) is 0 Å². The molecule has 0 unspecified atom stereocenters. The molecule has 16 heavy (non-hydrogen) atoms. The number of carbonyl (C=O) groups excluding carboxylic acids is 1. The van der Waals surface area contributed by atoms with E-state index in [1.807, 2.05) is 0 Å². The van der Waals surface area contributed by atoms with Gasteiger partial charge in [0.15, 0.2) is 0 Å². The summed E-state index contributed by atoms with van der Waals surface area (Å²) in [6.45, 7) is 6.89. The Kier molecular flexibility index (Phi) is 4.11. The maximum Gasteiger partial charge on any atom is 0.141 e. The Morgan fingerprint density at radius 2 is 2.00 bits per heavy atom. The molecule has 0 saturated carbocycles. The second-order valence-electron chi connectivity index (χ2n) is 3.37. The molecule has 0 aliphatic rings. The van der Waals surface area contributed by atoms with Crippen LogP contribution in [0.5, 0.6) is 0 Å². The highest BCUT2D eigenvalue weighted by Crippen LogP contribution is 2.18. The van der Waals surface area contributed by atoms with Crippen LogP contribution in [0.2, 0.25) is 0 Å². The van der Waals surface area contributed by atoms with Crippen LogP contribution in [0, 0.1) is 11.6 Å². The van der Waals surface area contributed by atoms with Gasteiger partial charge in [0.1, 0.15) is 17.4 Å². The van der Waals surface area contributed by atoms with E-state index in [4.69, 9.17) is 0 Å². The van der Waals surface area contributed by atoms with E-state index in [1.54, 1.807) is 0 Å². The van der Waals surface area contributed by atoms with Crippen molar-refractivity contribution in [2.45, 2.75) is 12.8 Å². The third kappa shape index (κ3) is 2.86. The topological polar surface area (TPSA) is 17.1 Å². The van der Waals surface area contributed by atoms with Crippen LogP contribution >= 0.6 is 0 Å². The van der Waals surface area contributed by atoms with Gasteiger partial charge >= 0.3 is 0 Å². The van der Waals surface area contributed by atoms with Crippen molar-refractivity contribution in [3.63, 3.8) is 0 Å². The molecule has 0 saturated heterocycles. The first kappa shape index (κ1) is 12.3.